The van der Waals surface area contributed by atoms with Crippen LogP contribution in [0.1, 0.15) is 33.6 Å². The van der Waals surface area contributed by atoms with Crippen LogP contribution in [0.15, 0.2) is 35.5 Å². The van der Waals surface area contributed by atoms with Crippen molar-refractivity contribution in [1.82, 2.24) is 5.32 Å². The Morgan fingerprint density at radius 2 is 1.78 bits per heavy atom. The molecule has 2 N–H and O–H groups in total. The third kappa shape index (κ3) is 10.7. The molecular weight excluding hydrogens is 230 g/mol. The van der Waals surface area contributed by atoms with Crippen molar-refractivity contribution in [3.8, 4) is 0 Å². The third-order valence-electron chi connectivity index (χ3n) is 2.20. The number of hydrogen-bond acceptors (Lipinski definition) is 2. The molecule has 4 nitrogen and oxygen atoms in total. The number of allylic oxidation sites excluding steroid dienone is 3. The zero-order chi connectivity index (χ0) is 14.0. The molecule has 0 heterocycles. The fourth-order valence-corrected chi connectivity index (χ4v) is 1.22. The molecule has 4 heteroatoms. The van der Waals surface area contributed by atoms with Gasteiger partial charge in [0.15, 0.2) is 0 Å². The lowest BCUT2D eigenvalue weighted by Gasteiger charge is -2.00. The van der Waals surface area contributed by atoms with Gasteiger partial charge in [-0.1, -0.05) is 23.3 Å². The molecule has 0 bridgehead atoms. The van der Waals surface area contributed by atoms with Gasteiger partial charge < -0.3 is 10.4 Å². The summed E-state index contributed by atoms with van der Waals surface area (Å²) in [6, 6.07) is 0. The average molecular weight is 251 g/mol. The molecule has 18 heavy (non-hydrogen) atoms. The number of hydrogen-bond donors (Lipinski definition) is 2. The predicted octanol–water partition coefficient (Wildman–Crippen LogP) is 2.44. The van der Waals surface area contributed by atoms with Crippen LogP contribution >= 0.6 is 0 Å². The van der Waals surface area contributed by atoms with Crippen LogP contribution in [0.2, 0.25) is 0 Å². The predicted molar refractivity (Wildman–Crippen MR) is 72.2 cm³/mol. The molecule has 0 atom stereocenters. The van der Waals surface area contributed by atoms with E-state index in [4.69, 9.17) is 5.11 Å². The fourth-order valence-electron chi connectivity index (χ4n) is 1.22. The molecule has 0 rings (SSSR count). The highest BCUT2D eigenvalue weighted by atomic mass is 16.4. The lowest BCUT2D eigenvalue weighted by Crippen LogP contribution is -2.21. The molecule has 0 unspecified atom stereocenters. The molecule has 0 saturated heterocycles. The maximum absolute atomic E-state index is 11.1. The number of rotatable bonds is 7. The van der Waals surface area contributed by atoms with Crippen molar-refractivity contribution in [3.63, 3.8) is 0 Å². The van der Waals surface area contributed by atoms with Crippen LogP contribution in [0.3, 0.4) is 0 Å². The second kappa shape index (κ2) is 9.22. The van der Waals surface area contributed by atoms with Gasteiger partial charge in [-0.15, -0.1) is 0 Å². The first-order valence-corrected chi connectivity index (χ1v) is 5.89. The standard InChI is InChI=1S/C14H21NO3/c1-11(2)5-4-6-12(3)9-10-15-13(16)7-8-14(17)18/h5,7-9H,4,6,10H2,1-3H3,(H,15,16)(H,17,18)/b8-7+,12-9+. The Labute approximate surface area is 108 Å². The van der Waals surface area contributed by atoms with Gasteiger partial charge in [0.25, 0.3) is 0 Å². The maximum atomic E-state index is 11.1. The van der Waals surface area contributed by atoms with E-state index >= 15 is 0 Å². The SMILES string of the molecule is CC(C)=CCC/C(C)=C/CNC(=O)/C=C/C(=O)O. The van der Waals surface area contributed by atoms with E-state index in [0.29, 0.717) is 6.54 Å². The number of carboxylic acid groups (broad SMARTS) is 1. The lowest BCUT2D eigenvalue weighted by atomic mass is 10.1. The first-order valence-electron chi connectivity index (χ1n) is 5.89. The monoisotopic (exact) mass is 251 g/mol. The molecular formula is C14H21NO3. The van der Waals surface area contributed by atoms with E-state index in [-0.39, 0.29) is 0 Å². The minimum absolute atomic E-state index is 0.397. The summed E-state index contributed by atoms with van der Waals surface area (Å²) in [4.78, 5) is 21.3. The largest absolute Gasteiger partial charge is 0.478 e. The van der Waals surface area contributed by atoms with Crippen LogP contribution in [0.4, 0.5) is 0 Å². The Morgan fingerprint density at radius 1 is 1.11 bits per heavy atom. The summed E-state index contributed by atoms with van der Waals surface area (Å²) in [6.07, 6.45) is 7.90. The van der Waals surface area contributed by atoms with Crippen molar-refractivity contribution >= 4 is 11.9 Å². The van der Waals surface area contributed by atoms with Crippen molar-refractivity contribution in [2.75, 3.05) is 6.54 Å². The second-order valence-electron chi connectivity index (χ2n) is 4.29. The van der Waals surface area contributed by atoms with Crippen molar-refractivity contribution in [3.05, 3.63) is 35.5 Å². The maximum Gasteiger partial charge on any atom is 0.328 e. The molecule has 0 aliphatic heterocycles. The molecule has 0 aromatic heterocycles. The molecule has 0 aromatic rings. The highest BCUT2D eigenvalue weighted by Crippen LogP contribution is 2.05. The van der Waals surface area contributed by atoms with Crippen molar-refractivity contribution in [1.29, 1.82) is 0 Å². The summed E-state index contributed by atoms with van der Waals surface area (Å²) >= 11 is 0. The van der Waals surface area contributed by atoms with E-state index < -0.39 is 11.9 Å². The highest BCUT2D eigenvalue weighted by Gasteiger charge is 1.95. The zero-order valence-electron chi connectivity index (χ0n) is 11.2. The van der Waals surface area contributed by atoms with Gasteiger partial charge in [0, 0.05) is 18.7 Å². The summed E-state index contributed by atoms with van der Waals surface area (Å²) in [7, 11) is 0. The van der Waals surface area contributed by atoms with Crippen LogP contribution in [0.5, 0.6) is 0 Å². The molecule has 100 valence electrons. The van der Waals surface area contributed by atoms with Crippen LogP contribution in [0.25, 0.3) is 0 Å². The Kier molecular flexibility index (Phi) is 8.27. The fraction of sp³-hybridized carbons (Fsp3) is 0.429. The van der Waals surface area contributed by atoms with Crippen LogP contribution < -0.4 is 5.32 Å². The molecule has 1 amide bonds. The number of carbonyl (C=O) groups is 2. The quantitative estimate of drug-likeness (QED) is 0.539. The first kappa shape index (κ1) is 16.2. The summed E-state index contributed by atoms with van der Waals surface area (Å²) < 4.78 is 0. The first-order chi connectivity index (χ1) is 8.41. The molecule has 0 aliphatic rings. The summed E-state index contributed by atoms with van der Waals surface area (Å²) in [6.45, 7) is 6.56. The molecule has 0 aliphatic carbocycles. The Morgan fingerprint density at radius 3 is 2.33 bits per heavy atom. The van der Waals surface area contributed by atoms with Gasteiger partial charge in [-0.2, -0.15) is 0 Å². The van der Waals surface area contributed by atoms with E-state index in [1.54, 1.807) is 0 Å². The van der Waals surface area contributed by atoms with E-state index in [9.17, 15) is 9.59 Å². The summed E-state index contributed by atoms with van der Waals surface area (Å²) in [5, 5.41) is 10.9. The molecule has 0 aromatic carbocycles. The van der Waals surface area contributed by atoms with Gasteiger partial charge in [-0.05, 0) is 33.6 Å². The topological polar surface area (TPSA) is 66.4 Å². The Bertz CT molecular complexity index is 375. The number of aliphatic carboxylic acids is 1. The molecule has 0 spiro atoms. The van der Waals surface area contributed by atoms with E-state index in [1.165, 1.54) is 11.1 Å². The third-order valence-corrected chi connectivity index (χ3v) is 2.20. The van der Waals surface area contributed by atoms with Gasteiger partial charge in [-0.3, -0.25) is 4.79 Å². The van der Waals surface area contributed by atoms with E-state index in [0.717, 1.165) is 25.0 Å². The number of carbonyl (C=O) groups excluding carboxylic acids is 1. The molecule has 0 radical (unpaired) electrons. The van der Waals surface area contributed by atoms with Gasteiger partial charge in [0.2, 0.25) is 5.91 Å². The Hall–Kier alpha value is -1.84. The average Bonchev–Trinajstić information content (AvgIpc) is 2.25. The van der Waals surface area contributed by atoms with Gasteiger partial charge >= 0.3 is 5.97 Å². The normalized spacial score (nSPS) is 11.4. The van der Waals surface area contributed by atoms with Crippen molar-refractivity contribution in [2.45, 2.75) is 33.6 Å². The number of carboxylic acids is 1. The van der Waals surface area contributed by atoms with Gasteiger partial charge in [0.05, 0.1) is 0 Å². The van der Waals surface area contributed by atoms with E-state index in [1.807, 2.05) is 13.0 Å². The van der Waals surface area contributed by atoms with Crippen molar-refractivity contribution < 1.29 is 14.7 Å². The van der Waals surface area contributed by atoms with Crippen LogP contribution in [-0.4, -0.2) is 23.5 Å². The number of amides is 1. The van der Waals surface area contributed by atoms with Crippen LogP contribution in [0, 0.1) is 0 Å². The summed E-state index contributed by atoms with van der Waals surface area (Å²) in [5.74, 6) is -1.52. The van der Waals surface area contributed by atoms with Gasteiger partial charge in [0.1, 0.15) is 0 Å². The molecule has 0 saturated carbocycles. The zero-order valence-corrected chi connectivity index (χ0v) is 11.2. The second-order valence-corrected chi connectivity index (χ2v) is 4.29. The smallest absolute Gasteiger partial charge is 0.328 e. The lowest BCUT2D eigenvalue weighted by molar-refractivity contribution is -0.131. The Balaban J connectivity index is 3.90. The minimum Gasteiger partial charge on any atom is -0.478 e. The minimum atomic E-state index is -1.13. The van der Waals surface area contributed by atoms with Crippen molar-refractivity contribution in [2.24, 2.45) is 0 Å². The highest BCUT2D eigenvalue weighted by molar-refractivity contribution is 5.93. The number of nitrogens with one attached hydrogen (secondary N) is 1. The summed E-state index contributed by atoms with van der Waals surface area (Å²) in [5.41, 5.74) is 2.50. The van der Waals surface area contributed by atoms with Crippen LogP contribution in [-0.2, 0) is 9.59 Å². The van der Waals surface area contributed by atoms with Gasteiger partial charge in [-0.25, -0.2) is 4.79 Å². The van der Waals surface area contributed by atoms with E-state index in [2.05, 4.69) is 25.2 Å². The molecule has 0 fully saturated rings.